The third-order valence-corrected chi connectivity index (χ3v) is 4.40. The van der Waals surface area contributed by atoms with E-state index in [1.807, 2.05) is 22.9 Å². The van der Waals surface area contributed by atoms with Crippen LogP contribution in [0.5, 0.6) is 5.75 Å². The molecule has 1 aromatic heterocycles. The lowest BCUT2D eigenvalue weighted by molar-refractivity contribution is -0.0365. The summed E-state index contributed by atoms with van der Waals surface area (Å²) < 4.78 is 7.77. The van der Waals surface area contributed by atoms with Gasteiger partial charge < -0.3 is 9.84 Å². The first-order valence-corrected chi connectivity index (χ1v) is 8.10. The van der Waals surface area contributed by atoms with Gasteiger partial charge in [0.1, 0.15) is 11.4 Å². The van der Waals surface area contributed by atoms with Crippen LogP contribution < -0.4 is 0 Å². The summed E-state index contributed by atoms with van der Waals surface area (Å²) in [6.07, 6.45) is 2.97. The zero-order valence-electron chi connectivity index (χ0n) is 13.1. The van der Waals surface area contributed by atoms with Gasteiger partial charge in [-0.3, -0.25) is 0 Å². The molecule has 1 aliphatic heterocycles. The number of benzene rings is 2. The van der Waals surface area contributed by atoms with Gasteiger partial charge in [-0.1, -0.05) is 18.2 Å². The van der Waals surface area contributed by atoms with Crippen molar-refractivity contribution >= 4 is 10.9 Å². The number of phenols is 1. The van der Waals surface area contributed by atoms with Crippen molar-refractivity contribution in [2.75, 3.05) is 6.61 Å². The lowest BCUT2D eigenvalue weighted by Crippen LogP contribution is -2.19. The summed E-state index contributed by atoms with van der Waals surface area (Å²) in [6, 6.07) is 14.8. The molecule has 1 atom stereocenters. The Morgan fingerprint density at radius 3 is 2.83 bits per heavy atom. The largest absolute Gasteiger partial charge is 0.508 e. The molecule has 1 N–H and O–H groups in total. The number of fused-ring (bicyclic) bond motifs is 1. The van der Waals surface area contributed by atoms with Crippen molar-refractivity contribution < 1.29 is 9.84 Å². The predicted octanol–water partition coefficient (Wildman–Crippen LogP) is 3.98. The Bertz CT molecular complexity index is 933. The first-order chi connectivity index (χ1) is 11.8. The fourth-order valence-corrected chi connectivity index (χ4v) is 3.28. The number of hydrogen-bond donors (Lipinski definition) is 1. The highest BCUT2D eigenvalue weighted by molar-refractivity contribution is 5.97. The molecule has 0 spiro atoms. The van der Waals surface area contributed by atoms with Gasteiger partial charge in [0.15, 0.2) is 6.23 Å². The highest BCUT2D eigenvalue weighted by Gasteiger charge is 2.23. The van der Waals surface area contributed by atoms with Crippen LogP contribution in [0.4, 0.5) is 0 Å². The van der Waals surface area contributed by atoms with Gasteiger partial charge in [-0.2, -0.15) is 10.4 Å². The van der Waals surface area contributed by atoms with Crippen molar-refractivity contribution in [3.05, 3.63) is 48.0 Å². The maximum atomic E-state index is 9.80. The van der Waals surface area contributed by atoms with E-state index in [9.17, 15) is 10.4 Å². The molecule has 2 heterocycles. The Labute approximate surface area is 139 Å². The topological polar surface area (TPSA) is 71.1 Å². The zero-order valence-corrected chi connectivity index (χ0v) is 13.1. The van der Waals surface area contributed by atoms with Crippen LogP contribution in [0.25, 0.3) is 22.2 Å². The predicted molar refractivity (Wildman–Crippen MR) is 90.4 cm³/mol. The summed E-state index contributed by atoms with van der Waals surface area (Å²) in [5.41, 5.74) is 2.96. The molecule has 0 amide bonds. The van der Waals surface area contributed by atoms with Gasteiger partial charge in [0, 0.05) is 17.6 Å². The number of hydrogen-bond acceptors (Lipinski definition) is 4. The van der Waals surface area contributed by atoms with Crippen molar-refractivity contribution in [2.45, 2.75) is 25.5 Å². The monoisotopic (exact) mass is 319 g/mol. The van der Waals surface area contributed by atoms with Gasteiger partial charge in [0.05, 0.1) is 17.1 Å². The fourth-order valence-electron chi connectivity index (χ4n) is 3.28. The quantitative estimate of drug-likeness (QED) is 0.775. The van der Waals surface area contributed by atoms with E-state index in [1.54, 1.807) is 24.3 Å². The number of nitriles is 1. The Balaban J connectivity index is 1.97. The summed E-state index contributed by atoms with van der Waals surface area (Å²) in [7, 11) is 0. The molecular weight excluding hydrogens is 302 g/mol. The first-order valence-electron chi connectivity index (χ1n) is 8.10. The Morgan fingerprint density at radius 1 is 1.21 bits per heavy atom. The summed E-state index contributed by atoms with van der Waals surface area (Å²) >= 11 is 0. The minimum absolute atomic E-state index is 0.110. The van der Waals surface area contributed by atoms with Crippen LogP contribution in [-0.2, 0) is 4.74 Å². The van der Waals surface area contributed by atoms with E-state index < -0.39 is 0 Å². The van der Waals surface area contributed by atoms with E-state index in [2.05, 4.69) is 6.07 Å². The van der Waals surface area contributed by atoms with Gasteiger partial charge >= 0.3 is 0 Å². The van der Waals surface area contributed by atoms with Crippen molar-refractivity contribution in [3.8, 4) is 23.1 Å². The Morgan fingerprint density at radius 2 is 2.08 bits per heavy atom. The molecule has 5 heteroatoms. The van der Waals surface area contributed by atoms with Crippen molar-refractivity contribution in [3.63, 3.8) is 0 Å². The standard InChI is InChI=1S/C19H17N3O2/c20-12-14-6-4-8-16-18(14)19(13-5-3-7-15(23)11-13)21-22(16)17-9-1-2-10-24-17/h3-8,11,17,23H,1-2,9-10H2. The van der Waals surface area contributed by atoms with Crippen LogP contribution >= 0.6 is 0 Å². The normalized spacial score (nSPS) is 17.7. The van der Waals surface area contributed by atoms with Gasteiger partial charge in [-0.15, -0.1) is 0 Å². The van der Waals surface area contributed by atoms with E-state index in [0.29, 0.717) is 11.3 Å². The van der Waals surface area contributed by atoms with Crippen LogP contribution in [0, 0.1) is 11.3 Å². The number of nitrogens with zero attached hydrogens (tertiary/aromatic N) is 3. The molecule has 1 fully saturated rings. The van der Waals surface area contributed by atoms with E-state index in [0.717, 1.165) is 42.3 Å². The highest BCUT2D eigenvalue weighted by atomic mass is 16.5. The van der Waals surface area contributed by atoms with Crippen LogP contribution in [-0.4, -0.2) is 21.5 Å². The Kier molecular flexibility index (Phi) is 3.68. The molecule has 4 rings (SSSR count). The fraction of sp³-hybridized carbons (Fsp3) is 0.263. The molecule has 0 bridgehead atoms. The Hall–Kier alpha value is -2.84. The maximum absolute atomic E-state index is 9.80. The van der Waals surface area contributed by atoms with Crippen LogP contribution in [0.15, 0.2) is 42.5 Å². The molecule has 0 radical (unpaired) electrons. The summed E-state index contributed by atoms with van der Waals surface area (Å²) in [6.45, 7) is 0.728. The molecule has 1 saturated heterocycles. The minimum atomic E-state index is -0.110. The molecule has 24 heavy (non-hydrogen) atoms. The summed E-state index contributed by atoms with van der Waals surface area (Å²) in [4.78, 5) is 0. The second kappa shape index (κ2) is 5.99. The van der Waals surface area contributed by atoms with Gasteiger partial charge in [0.25, 0.3) is 0 Å². The number of aromatic nitrogens is 2. The van der Waals surface area contributed by atoms with E-state index in [4.69, 9.17) is 9.84 Å². The molecular formula is C19H17N3O2. The third kappa shape index (κ3) is 2.41. The van der Waals surface area contributed by atoms with Gasteiger partial charge in [-0.05, 0) is 43.5 Å². The van der Waals surface area contributed by atoms with E-state index in [1.165, 1.54) is 0 Å². The van der Waals surface area contributed by atoms with Crippen molar-refractivity contribution in [2.24, 2.45) is 0 Å². The van der Waals surface area contributed by atoms with Gasteiger partial charge in [0.2, 0.25) is 0 Å². The molecule has 3 aromatic rings. The maximum Gasteiger partial charge on any atom is 0.150 e. The van der Waals surface area contributed by atoms with Crippen molar-refractivity contribution in [1.29, 1.82) is 5.26 Å². The third-order valence-electron chi connectivity index (χ3n) is 4.40. The molecule has 1 unspecified atom stereocenters. The van der Waals surface area contributed by atoms with Gasteiger partial charge in [-0.25, -0.2) is 4.68 Å². The smallest absolute Gasteiger partial charge is 0.150 e. The number of aromatic hydroxyl groups is 1. The van der Waals surface area contributed by atoms with Crippen molar-refractivity contribution in [1.82, 2.24) is 9.78 Å². The molecule has 0 aliphatic carbocycles. The molecule has 5 nitrogen and oxygen atoms in total. The van der Waals surface area contributed by atoms with E-state index >= 15 is 0 Å². The van der Waals surface area contributed by atoms with Crippen LogP contribution in [0.3, 0.4) is 0 Å². The van der Waals surface area contributed by atoms with Crippen LogP contribution in [0.2, 0.25) is 0 Å². The molecule has 120 valence electrons. The SMILES string of the molecule is N#Cc1cccc2c1c(-c1cccc(O)c1)nn2C1CCCCO1. The lowest BCUT2D eigenvalue weighted by atomic mass is 10.0. The average molecular weight is 319 g/mol. The summed E-state index contributed by atoms with van der Waals surface area (Å²) in [5.74, 6) is 0.179. The lowest BCUT2D eigenvalue weighted by Gasteiger charge is -2.23. The average Bonchev–Trinajstić information content (AvgIpc) is 3.02. The second-order valence-corrected chi connectivity index (χ2v) is 5.98. The molecule has 1 aliphatic rings. The molecule has 2 aromatic carbocycles. The highest BCUT2D eigenvalue weighted by Crippen LogP contribution is 2.35. The van der Waals surface area contributed by atoms with Crippen LogP contribution in [0.1, 0.15) is 31.1 Å². The molecule has 0 saturated carbocycles. The minimum Gasteiger partial charge on any atom is -0.508 e. The number of phenolic OH excluding ortho intramolecular Hbond substituents is 1. The van der Waals surface area contributed by atoms with E-state index in [-0.39, 0.29) is 12.0 Å². The number of ether oxygens (including phenoxy) is 1. The first kappa shape index (κ1) is 14.7. The number of rotatable bonds is 2. The zero-order chi connectivity index (χ0) is 16.5. The summed E-state index contributed by atoms with van der Waals surface area (Å²) in [5, 5.41) is 24.9. The second-order valence-electron chi connectivity index (χ2n) is 5.98.